The molecule has 3 aromatic carbocycles. The molecule has 446 valence electrons. The molecular formula is C56H76N10O16. The number of benzene rings is 3. The van der Waals surface area contributed by atoms with Gasteiger partial charge >= 0.3 is 11.9 Å². The van der Waals surface area contributed by atoms with Crippen LogP contribution in [0.2, 0.25) is 0 Å². The van der Waals surface area contributed by atoms with Crippen LogP contribution in [0, 0.1) is 11.8 Å². The maximum atomic E-state index is 14.0. The molecule has 1 saturated heterocycles. The molecule has 0 unspecified atom stereocenters. The highest BCUT2D eigenvalue weighted by Gasteiger charge is 2.41. The van der Waals surface area contributed by atoms with Crippen LogP contribution in [0.4, 0.5) is 0 Å². The normalized spacial score (nSPS) is 16.3. The van der Waals surface area contributed by atoms with Gasteiger partial charge in [0.15, 0.2) is 0 Å². The van der Waals surface area contributed by atoms with Crippen LogP contribution in [0.15, 0.2) is 84.9 Å². The molecule has 9 amide bonds. The summed E-state index contributed by atoms with van der Waals surface area (Å²) in [5, 5.41) is 69.6. The molecule has 0 aliphatic carbocycles. The highest BCUT2D eigenvalue weighted by atomic mass is 16.4. The zero-order valence-electron chi connectivity index (χ0n) is 46.3. The minimum atomic E-state index is -1.83. The lowest BCUT2D eigenvalue weighted by Crippen LogP contribution is -2.61. The van der Waals surface area contributed by atoms with Crippen molar-refractivity contribution in [3.8, 4) is 5.75 Å². The van der Waals surface area contributed by atoms with Crippen LogP contribution in [-0.4, -0.2) is 176 Å². The lowest BCUT2D eigenvalue weighted by Gasteiger charge is -2.30. The number of carboxylic acids is 2. The topological polar surface area (TPSA) is 414 Å². The average molecular weight is 1150 g/mol. The summed E-state index contributed by atoms with van der Waals surface area (Å²) in [6.07, 6.45) is -2.38. The number of nitrogens with zero attached hydrogens (tertiary/aromatic N) is 1. The van der Waals surface area contributed by atoms with E-state index in [0.717, 1.165) is 10.5 Å². The van der Waals surface area contributed by atoms with Gasteiger partial charge < -0.3 is 78.7 Å². The summed E-state index contributed by atoms with van der Waals surface area (Å²) in [5.41, 5.74) is 8.00. The Bertz CT molecular complexity index is 2700. The maximum Gasteiger partial charge on any atom is 0.326 e. The standard InChI is InChI=1S/C56H76N10O16/c1-30(2)23-38(60-48(73)37(57)24-33-13-8-6-9-14-33)50(75)61-39(25-34-15-10-7-11-16-34)51(76)62-41(27-45(71)72)49(74)58-28-44(70)59-42(29-67)55(80)66-22-12-17-43(66)53(78)65-47(32(5)68)54(79)63-40(26-35-18-20-36(69)21-19-35)52(77)64-46(31(3)4)56(81)82/h6-11,13-16,18-21,30-32,37-43,46-47,67-69H,12,17,22-29,57H2,1-5H3,(H,58,74)(H,59,70)(H,60,73)(H,61,75)(H,62,76)(H,63,79)(H,64,77)(H,65,78)(H,71,72)(H,81,82)/t32-,37+,38+,39+,40+,41+,42+,43+,46+,47+/m1/s1. The Hall–Kier alpha value is -8.49. The van der Waals surface area contributed by atoms with Gasteiger partial charge in [-0.1, -0.05) is 100 Å². The van der Waals surface area contributed by atoms with Crippen LogP contribution in [0.5, 0.6) is 5.75 Å². The molecule has 26 nitrogen and oxygen atoms in total. The van der Waals surface area contributed by atoms with Gasteiger partial charge in [-0.05, 0) is 73.3 Å². The van der Waals surface area contributed by atoms with E-state index in [1.165, 1.54) is 31.2 Å². The third-order valence-corrected chi connectivity index (χ3v) is 13.3. The second-order valence-corrected chi connectivity index (χ2v) is 20.8. The van der Waals surface area contributed by atoms with Crippen LogP contribution >= 0.6 is 0 Å². The molecule has 1 fully saturated rings. The molecule has 0 saturated carbocycles. The number of aromatic hydroxyl groups is 1. The number of carbonyl (C=O) groups is 11. The molecule has 0 spiro atoms. The van der Waals surface area contributed by atoms with Crippen LogP contribution in [0.3, 0.4) is 0 Å². The first-order valence-electron chi connectivity index (χ1n) is 26.8. The van der Waals surface area contributed by atoms with E-state index in [1.807, 2.05) is 19.9 Å². The molecule has 1 aliphatic rings. The fourth-order valence-corrected chi connectivity index (χ4v) is 8.92. The molecule has 1 aliphatic heterocycles. The summed E-state index contributed by atoms with van der Waals surface area (Å²) >= 11 is 0. The zero-order valence-corrected chi connectivity index (χ0v) is 46.3. The number of phenols is 1. The molecule has 26 heteroatoms. The molecule has 0 radical (unpaired) electrons. The second-order valence-electron chi connectivity index (χ2n) is 20.8. The third kappa shape index (κ3) is 20.9. The predicted octanol–water partition coefficient (Wildman–Crippen LogP) is -2.12. The van der Waals surface area contributed by atoms with Gasteiger partial charge in [-0.25, -0.2) is 4.79 Å². The SMILES string of the molecule is CC(C)C[C@H](NC(=O)[C@@H](N)Cc1ccccc1)C(=O)N[C@@H](Cc1ccccc1)C(=O)N[C@@H](CC(=O)O)C(=O)NCC(=O)N[C@@H](CO)C(=O)N1CCC[C@H]1C(=O)N[C@H](C(=O)N[C@@H](Cc1ccc(O)cc1)C(=O)N[C@H](C(=O)O)C(C)C)[C@@H](C)O. The smallest absolute Gasteiger partial charge is 0.326 e. The van der Waals surface area contributed by atoms with E-state index in [0.29, 0.717) is 11.1 Å². The molecule has 10 atom stereocenters. The summed E-state index contributed by atoms with van der Waals surface area (Å²) in [7, 11) is 0. The summed E-state index contributed by atoms with van der Waals surface area (Å²) in [6.45, 7) is 5.92. The number of rotatable bonds is 31. The van der Waals surface area contributed by atoms with Crippen molar-refractivity contribution in [1.82, 2.24) is 47.4 Å². The molecule has 0 aromatic heterocycles. The van der Waals surface area contributed by atoms with Crippen molar-refractivity contribution in [2.75, 3.05) is 19.7 Å². The lowest BCUT2D eigenvalue weighted by molar-refractivity contribution is -0.144. The van der Waals surface area contributed by atoms with Crippen molar-refractivity contribution in [3.05, 3.63) is 102 Å². The Morgan fingerprint density at radius 2 is 1.10 bits per heavy atom. The Labute approximate surface area is 474 Å². The first kappa shape index (κ1) is 66.0. The van der Waals surface area contributed by atoms with Crippen molar-refractivity contribution in [1.29, 1.82) is 0 Å². The molecule has 1 heterocycles. The number of aliphatic carboxylic acids is 2. The first-order chi connectivity index (χ1) is 38.8. The highest BCUT2D eigenvalue weighted by Crippen LogP contribution is 2.20. The van der Waals surface area contributed by atoms with E-state index >= 15 is 0 Å². The summed E-state index contributed by atoms with van der Waals surface area (Å²) < 4.78 is 0. The minimum Gasteiger partial charge on any atom is -0.508 e. The Morgan fingerprint density at radius 1 is 0.585 bits per heavy atom. The Kier molecular flexibility index (Phi) is 25.8. The van der Waals surface area contributed by atoms with Gasteiger partial charge in [0.1, 0.15) is 54.1 Å². The van der Waals surface area contributed by atoms with Crippen molar-refractivity contribution in [3.63, 3.8) is 0 Å². The highest BCUT2D eigenvalue weighted by molar-refractivity contribution is 5.99. The predicted molar refractivity (Wildman–Crippen MR) is 294 cm³/mol. The quantitative estimate of drug-likeness (QED) is 0.0328. The fraction of sp³-hybridized carbons (Fsp3) is 0.482. The number of hydrogen-bond acceptors (Lipinski definition) is 15. The zero-order chi connectivity index (χ0) is 60.8. The van der Waals surface area contributed by atoms with Crippen LogP contribution in [0.1, 0.15) is 77.0 Å². The van der Waals surface area contributed by atoms with Gasteiger partial charge in [-0.2, -0.15) is 0 Å². The van der Waals surface area contributed by atoms with Gasteiger partial charge in [0.25, 0.3) is 0 Å². The van der Waals surface area contributed by atoms with Crippen molar-refractivity contribution in [2.45, 2.75) is 140 Å². The van der Waals surface area contributed by atoms with Crippen molar-refractivity contribution < 1.29 is 78.3 Å². The van der Waals surface area contributed by atoms with Gasteiger partial charge in [-0.15, -0.1) is 0 Å². The minimum absolute atomic E-state index is 0.0249. The number of phenolic OH excluding ortho intramolecular Hbond substituents is 1. The lowest BCUT2D eigenvalue weighted by atomic mass is 10.00. The molecular weight excluding hydrogens is 1070 g/mol. The molecule has 15 N–H and O–H groups in total. The van der Waals surface area contributed by atoms with E-state index in [-0.39, 0.29) is 56.7 Å². The third-order valence-electron chi connectivity index (χ3n) is 13.3. The Morgan fingerprint density at radius 3 is 1.62 bits per heavy atom. The number of nitrogens with two attached hydrogens (primary N) is 1. The second kappa shape index (κ2) is 32.1. The maximum absolute atomic E-state index is 14.0. The monoisotopic (exact) mass is 1140 g/mol. The van der Waals surface area contributed by atoms with E-state index < -0.39 is 151 Å². The van der Waals surface area contributed by atoms with Gasteiger partial charge in [0.05, 0.1) is 31.7 Å². The van der Waals surface area contributed by atoms with Gasteiger partial charge in [-0.3, -0.25) is 47.9 Å². The summed E-state index contributed by atoms with van der Waals surface area (Å²) in [6, 6.07) is 9.95. The van der Waals surface area contributed by atoms with Crippen LogP contribution < -0.4 is 48.3 Å². The largest absolute Gasteiger partial charge is 0.508 e. The summed E-state index contributed by atoms with van der Waals surface area (Å²) in [5.74, 6) is -12.2. The number of amides is 9. The van der Waals surface area contributed by atoms with E-state index in [9.17, 15) is 78.3 Å². The number of carboxylic acid groups (broad SMARTS) is 2. The van der Waals surface area contributed by atoms with Gasteiger partial charge in [0, 0.05) is 19.4 Å². The van der Waals surface area contributed by atoms with Crippen molar-refractivity contribution in [2.24, 2.45) is 17.6 Å². The number of carbonyl (C=O) groups excluding carboxylic acids is 9. The molecule has 0 bridgehead atoms. The molecule has 4 rings (SSSR count). The Balaban J connectivity index is 1.42. The van der Waals surface area contributed by atoms with Crippen molar-refractivity contribution >= 4 is 65.1 Å². The number of hydrogen-bond donors (Lipinski definition) is 14. The number of likely N-dealkylation sites (tertiary alicyclic amines) is 1. The van der Waals surface area contributed by atoms with E-state index in [4.69, 9.17) is 5.73 Å². The van der Waals surface area contributed by atoms with Gasteiger partial charge in [0.2, 0.25) is 53.2 Å². The van der Waals surface area contributed by atoms with E-state index in [2.05, 4.69) is 42.5 Å². The number of nitrogens with one attached hydrogen (secondary N) is 8. The molecule has 82 heavy (non-hydrogen) atoms. The molecule has 3 aromatic rings. The average Bonchev–Trinajstić information content (AvgIpc) is 4.02. The number of aliphatic hydroxyl groups is 2. The fourth-order valence-electron chi connectivity index (χ4n) is 8.92. The van der Waals surface area contributed by atoms with Crippen LogP contribution in [-0.2, 0) is 72.0 Å². The van der Waals surface area contributed by atoms with E-state index in [1.54, 1.807) is 68.4 Å². The van der Waals surface area contributed by atoms with Crippen LogP contribution in [0.25, 0.3) is 0 Å². The summed E-state index contributed by atoms with van der Waals surface area (Å²) in [4.78, 5) is 148. The first-order valence-corrected chi connectivity index (χ1v) is 26.8. The number of aliphatic hydroxyl groups excluding tert-OH is 2.